The van der Waals surface area contributed by atoms with Gasteiger partial charge in [-0.1, -0.05) is 41.7 Å². The van der Waals surface area contributed by atoms with E-state index in [9.17, 15) is 13.2 Å². The van der Waals surface area contributed by atoms with E-state index in [1.165, 1.54) is 23.3 Å². The van der Waals surface area contributed by atoms with Crippen molar-refractivity contribution in [3.05, 3.63) is 70.8 Å². The third kappa shape index (κ3) is 4.66. The molecule has 0 nitrogen and oxygen atoms in total. The highest BCUT2D eigenvalue weighted by atomic mass is 19.4. The summed E-state index contributed by atoms with van der Waals surface area (Å²) in [6, 6.07) is 13.8. The lowest BCUT2D eigenvalue weighted by Crippen LogP contribution is -2.12. The number of benzene rings is 2. The predicted octanol–water partition coefficient (Wildman–Crippen LogP) is 6.34. The standard InChI is InChI=1S/C22H21F3/c1-16-2-10-19(11-3-16)20-12-6-17(7-13-20)4-5-18-8-14-21(15-9-18)22(23,24)25/h2-3,8-11,14-15,17,20H,6-7,12-13H2,1H3/t17-,20-. The van der Waals surface area contributed by atoms with Crippen LogP contribution < -0.4 is 0 Å². The van der Waals surface area contributed by atoms with Gasteiger partial charge < -0.3 is 0 Å². The Morgan fingerprint density at radius 2 is 1.44 bits per heavy atom. The van der Waals surface area contributed by atoms with Crippen LogP contribution in [0.25, 0.3) is 0 Å². The number of halogens is 3. The maximum atomic E-state index is 12.6. The van der Waals surface area contributed by atoms with E-state index in [0.717, 1.165) is 37.8 Å². The van der Waals surface area contributed by atoms with E-state index in [4.69, 9.17) is 0 Å². The van der Waals surface area contributed by atoms with Crippen molar-refractivity contribution >= 4 is 0 Å². The molecule has 0 aromatic heterocycles. The first-order valence-electron chi connectivity index (χ1n) is 8.67. The summed E-state index contributed by atoms with van der Waals surface area (Å²) in [7, 11) is 0. The summed E-state index contributed by atoms with van der Waals surface area (Å²) in [6.45, 7) is 2.09. The first kappa shape index (κ1) is 17.6. The lowest BCUT2D eigenvalue weighted by molar-refractivity contribution is -0.137. The highest BCUT2D eigenvalue weighted by Gasteiger charge is 2.29. The second kappa shape index (κ2) is 7.35. The minimum absolute atomic E-state index is 0.337. The van der Waals surface area contributed by atoms with Gasteiger partial charge >= 0.3 is 6.18 Å². The van der Waals surface area contributed by atoms with Crippen LogP contribution >= 0.6 is 0 Å². The van der Waals surface area contributed by atoms with Gasteiger partial charge in [0.2, 0.25) is 0 Å². The molecule has 0 unspecified atom stereocenters. The van der Waals surface area contributed by atoms with Gasteiger partial charge in [0.25, 0.3) is 0 Å². The molecule has 0 radical (unpaired) electrons. The fourth-order valence-electron chi connectivity index (χ4n) is 3.34. The Kier molecular flexibility index (Phi) is 5.18. The lowest BCUT2D eigenvalue weighted by Gasteiger charge is -2.26. The molecule has 130 valence electrons. The average molecular weight is 342 g/mol. The van der Waals surface area contributed by atoms with Gasteiger partial charge in [-0.2, -0.15) is 13.2 Å². The van der Waals surface area contributed by atoms with Crippen LogP contribution in [0.4, 0.5) is 13.2 Å². The van der Waals surface area contributed by atoms with Crippen molar-refractivity contribution in [1.29, 1.82) is 0 Å². The molecule has 1 fully saturated rings. The first-order chi connectivity index (χ1) is 11.9. The first-order valence-corrected chi connectivity index (χ1v) is 8.67. The van der Waals surface area contributed by atoms with Crippen molar-refractivity contribution in [3.63, 3.8) is 0 Å². The minimum atomic E-state index is -4.29. The molecule has 0 heterocycles. The summed E-state index contributed by atoms with van der Waals surface area (Å²) < 4.78 is 37.7. The zero-order valence-electron chi connectivity index (χ0n) is 14.2. The molecule has 0 saturated heterocycles. The van der Waals surface area contributed by atoms with E-state index in [2.05, 4.69) is 43.0 Å². The molecule has 0 N–H and O–H groups in total. The molecule has 2 aromatic carbocycles. The zero-order valence-corrected chi connectivity index (χ0v) is 14.2. The van der Waals surface area contributed by atoms with E-state index >= 15 is 0 Å². The van der Waals surface area contributed by atoms with Gasteiger partial charge in [0.05, 0.1) is 5.56 Å². The molecular formula is C22H21F3. The quantitative estimate of drug-likeness (QED) is 0.531. The summed E-state index contributed by atoms with van der Waals surface area (Å²) in [5.41, 5.74) is 2.70. The Labute approximate surface area is 147 Å². The van der Waals surface area contributed by atoms with Crippen molar-refractivity contribution in [2.45, 2.75) is 44.7 Å². The monoisotopic (exact) mass is 342 g/mol. The summed E-state index contributed by atoms with van der Waals surface area (Å²) in [5.74, 6) is 7.22. The molecule has 1 aliphatic rings. The van der Waals surface area contributed by atoms with Crippen LogP contribution in [0, 0.1) is 24.7 Å². The summed E-state index contributed by atoms with van der Waals surface area (Å²) >= 11 is 0. The summed E-state index contributed by atoms with van der Waals surface area (Å²) in [5, 5.41) is 0. The smallest absolute Gasteiger partial charge is 0.166 e. The van der Waals surface area contributed by atoms with Crippen LogP contribution in [0.1, 0.15) is 53.9 Å². The third-order valence-electron chi connectivity index (χ3n) is 4.91. The Balaban J connectivity index is 1.57. The van der Waals surface area contributed by atoms with Gasteiger partial charge in [-0.25, -0.2) is 0 Å². The molecule has 0 spiro atoms. The maximum Gasteiger partial charge on any atom is 0.416 e. The van der Waals surface area contributed by atoms with Gasteiger partial charge in [-0.05, 0) is 68.4 Å². The molecule has 25 heavy (non-hydrogen) atoms. The molecule has 0 amide bonds. The summed E-state index contributed by atoms with van der Waals surface area (Å²) in [4.78, 5) is 0. The highest BCUT2D eigenvalue weighted by molar-refractivity contribution is 5.37. The van der Waals surface area contributed by atoms with Crippen LogP contribution in [0.5, 0.6) is 0 Å². The maximum absolute atomic E-state index is 12.6. The van der Waals surface area contributed by atoms with E-state index in [0.29, 0.717) is 17.4 Å². The second-order valence-electron chi connectivity index (χ2n) is 6.80. The van der Waals surface area contributed by atoms with Gasteiger partial charge in [-0.3, -0.25) is 0 Å². The molecule has 0 bridgehead atoms. The zero-order chi connectivity index (χ0) is 17.9. The number of alkyl halides is 3. The normalized spacial score (nSPS) is 20.6. The molecule has 3 rings (SSSR count). The second-order valence-corrected chi connectivity index (χ2v) is 6.80. The van der Waals surface area contributed by atoms with Crippen LogP contribution in [-0.4, -0.2) is 0 Å². The van der Waals surface area contributed by atoms with Crippen molar-refractivity contribution < 1.29 is 13.2 Å². The lowest BCUT2D eigenvalue weighted by atomic mass is 9.79. The van der Waals surface area contributed by atoms with Gasteiger partial charge in [0.15, 0.2) is 0 Å². The molecule has 3 heteroatoms. The van der Waals surface area contributed by atoms with Gasteiger partial charge in [0, 0.05) is 11.5 Å². The molecule has 0 atom stereocenters. The van der Waals surface area contributed by atoms with Crippen molar-refractivity contribution in [2.24, 2.45) is 5.92 Å². The fourth-order valence-corrected chi connectivity index (χ4v) is 3.34. The fraction of sp³-hybridized carbons (Fsp3) is 0.364. The topological polar surface area (TPSA) is 0 Å². The Morgan fingerprint density at radius 1 is 0.840 bits per heavy atom. The van der Waals surface area contributed by atoms with E-state index in [-0.39, 0.29) is 0 Å². The predicted molar refractivity (Wildman–Crippen MR) is 94.2 cm³/mol. The Hall–Kier alpha value is -2.21. The molecular weight excluding hydrogens is 321 g/mol. The molecule has 1 aliphatic carbocycles. The van der Waals surface area contributed by atoms with Gasteiger partial charge in [-0.15, -0.1) is 0 Å². The molecule has 1 saturated carbocycles. The average Bonchev–Trinajstić information content (AvgIpc) is 2.61. The molecule has 2 aromatic rings. The van der Waals surface area contributed by atoms with E-state index < -0.39 is 11.7 Å². The van der Waals surface area contributed by atoms with Crippen molar-refractivity contribution in [2.75, 3.05) is 0 Å². The Morgan fingerprint density at radius 3 is 2.00 bits per heavy atom. The van der Waals surface area contributed by atoms with Crippen LogP contribution in [0.15, 0.2) is 48.5 Å². The van der Waals surface area contributed by atoms with Crippen LogP contribution in [-0.2, 0) is 6.18 Å². The van der Waals surface area contributed by atoms with E-state index in [1.807, 2.05) is 0 Å². The number of hydrogen-bond donors (Lipinski definition) is 0. The number of aryl methyl sites for hydroxylation is 1. The van der Waals surface area contributed by atoms with Crippen LogP contribution in [0.3, 0.4) is 0 Å². The van der Waals surface area contributed by atoms with Gasteiger partial charge in [0.1, 0.15) is 0 Å². The van der Waals surface area contributed by atoms with E-state index in [1.54, 1.807) is 0 Å². The Bertz CT molecular complexity index is 750. The van der Waals surface area contributed by atoms with Crippen LogP contribution in [0.2, 0.25) is 0 Å². The summed E-state index contributed by atoms with van der Waals surface area (Å²) in [6.07, 6.45) is 0.0452. The molecule has 0 aliphatic heterocycles. The number of rotatable bonds is 1. The van der Waals surface area contributed by atoms with Crippen molar-refractivity contribution in [1.82, 2.24) is 0 Å². The minimum Gasteiger partial charge on any atom is -0.166 e. The SMILES string of the molecule is Cc1ccc([C@H]2CC[C@H](C#Cc3ccc(C(F)(F)F)cc3)CC2)cc1. The third-order valence-corrected chi connectivity index (χ3v) is 4.91. The highest BCUT2D eigenvalue weighted by Crippen LogP contribution is 2.35. The van der Waals surface area contributed by atoms with Crippen molar-refractivity contribution in [3.8, 4) is 11.8 Å². The largest absolute Gasteiger partial charge is 0.416 e. The number of hydrogen-bond acceptors (Lipinski definition) is 0.